The topological polar surface area (TPSA) is 67.2 Å². The number of rotatable bonds is 2. The minimum absolute atomic E-state index is 0.417. The fraction of sp³-hybridized carbons (Fsp3) is 0.875. The number of hydrogen-bond acceptors (Lipinski definition) is 2. The Bertz CT molecular complexity index is 141. The van der Waals surface area contributed by atoms with Crippen LogP contribution >= 0.6 is 0 Å². The zero-order valence-corrected chi connectivity index (χ0v) is 7.31. The summed E-state index contributed by atoms with van der Waals surface area (Å²) in [7, 11) is 0. The summed E-state index contributed by atoms with van der Waals surface area (Å²) in [6.07, 6.45) is 4.92. The molecule has 0 radical (unpaired) electrons. The van der Waals surface area contributed by atoms with Crippen LogP contribution in [-0.2, 0) is 0 Å². The number of hydrogen-bond donors (Lipinski definition) is 3. The summed E-state index contributed by atoms with van der Waals surface area (Å²) in [5, 5.41) is 5.99. The molecule has 0 aromatic heterocycles. The highest BCUT2D eigenvalue weighted by Crippen LogP contribution is 2.07. The summed E-state index contributed by atoms with van der Waals surface area (Å²) in [5.74, 6) is 0. The van der Waals surface area contributed by atoms with E-state index in [0.717, 1.165) is 13.0 Å². The van der Waals surface area contributed by atoms with Crippen molar-refractivity contribution < 1.29 is 4.79 Å². The number of amides is 2. The maximum atomic E-state index is 10.4. The van der Waals surface area contributed by atoms with Crippen molar-refractivity contribution in [2.75, 3.05) is 13.1 Å². The molecular formula is C8H17N3O. The lowest BCUT2D eigenvalue weighted by atomic mass is 10.1. The molecule has 1 fully saturated rings. The van der Waals surface area contributed by atoms with Crippen LogP contribution in [-0.4, -0.2) is 25.2 Å². The van der Waals surface area contributed by atoms with Gasteiger partial charge in [0, 0.05) is 12.6 Å². The fourth-order valence-corrected chi connectivity index (χ4v) is 1.50. The number of nitrogens with one attached hydrogen (secondary N) is 2. The van der Waals surface area contributed by atoms with Gasteiger partial charge in [-0.3, -0.25) is 0 Å². The molecule has 12 heavy (non-hydrogen) atoms. The molecule has 0 aliphatic carbocycles. The Kier molecular flexibility index (Phi) is 3.87. The van der Waals surface area contributed by atoms with Gasteiger partial charge in [0.1, 0.15) is 0 Å². The minimum atomic E-state index is -0.430. The van der Waals surface area contributed by atoms with Crippen molar-refractivity contribution in [3.63, 3.8) is 0 Å². The fourth-order valence-electron chi connectivity index (χ4n) is 1.50. The Balaban J connectivity index is 2.16. The molecule has 1 rings (SSSR count). The van der Waals surface area contributed by atoms with Crippen molar-refractivity contribution in [1.29, 1.82) is 0 Å². The van der Waals surface area contributed by atoms with Crippen molar-refractivity contribution >= 4 is 6.03 Å². The lowest BCUT2D eigenvalue weighted by Gasteiger charge is -2.15. The smallest absolute Gasteiger partial charge is 0.312 e. The van der Waals surface area contributed by atoms with E-state index in [9.17, 15) is 4.79 Å². The second kappa shape index (κ2) is 4.98. The molecule has 1 unspecified atom stereocenters. The van der Waals surface area contributed by atoms with Crippen molar-refractivity contribution in [2.24, 2.45) is 5.73 Å². The van der Waals surface area contributed by atoms with Crippen molar-refractivity contribution in [3.05, 3.63) is 0 Å². The Morgan fingerprint density at radius 3 is 3.08 bits per heavy atom. The lowest BCUT2D eigenvalue weighted by Crippen LogP contribution is -2.42. The molecule has 2 amide bonds. The summed E-state index contributed by atoms with van der Waals surface area (Å²) in [6, 6.07) is -0.0129. The Hall–Kier alpha value is -0.770. The van der Waals surface area contributed by atoms with Gasteiger partial charge in [-0.25, -0.2) is 4.79 Å². The number of nitrogens with two attached hydrogens (primary N) is 1. The highest BCUT2D eigenvalue weighted by atomic mass is 16.2. The summed E-state index contributed by atoms with van der Waals surface area (Å²) < 4.78 is 0. The normalized spacial score (nSPS) is 24.5. The van der Waals surface area contributed by atoms with Gasteiger partial charge in [0.15, 0.2) is 0 Å². The zero-order chi connectivity index (χ0) is 8.81. The molecule has 0 spiro atoms. The number of primary amides is 1. The van der Waals surface area contributed by atoms with Crippen LogP contribution in [0, 0.1) is 0 Å². The quantitative estimate of drug-likeness (QED) is 0.555. The van der Waals surface area contributed by atoms with Crippen LogP contribution in [0.4, 0.5) is 4.79 Å². The van der Waals surface area contributed by atoms with E-state index in [-0.39, 0.29) is 0 Å². The molecule has 1 heterocycles. The van der Waals surface area contributed by atoms with Crippen LogP contribution in [0.1, 0.15) is 25.7 Å². The average Bonchev–Trinajstić information content (AvgIpc) is 2.28. The summed E-state index contributed by atoms with van der Waals surface area (Å²) in [6.45, 7) is 1.72. The van der Waals surface area contributed by atoms with Crippen LogP contribution in [0.3, 0.4) is 0 Å². The molecule has 4 N–H and O–H groups in total. The Morgan fingerprint density at radius 2 is 2.33 bits per heavy atom. The molecule has 1 aliphatic heterocycles. The van der Waals surface area contributed by atoms with Gasteiger partial charge in [-0.15, -0.1) is 0 Å². The first-order valence-corrected chi connectivity index (χ1v) is 4.56. The molecule has 0 saturated carbocycles. The molecule has 0 aromatic carbocycles. The standard InChI is InChI=1S/C8H17N3O/c9-8(12)11-6-7-4-2-1-3-5-10-7/h7,10H,1-6H2,(H3,9,11,12). The van der Waals surface area contributed by atoms with E-state index in [2.05, 4.69) is 10.6 Å². The molecule has 1 aliphatic rings. The Labute approximate surface area is 72.9 Å². The molecule has 70 valence electrons. The highest BCUT2D eigenvalue weighted by molar-refractivity contribution is 5.71. The first-order chi connectivity index (χ1) is 5.79. The molecule has 4 heteroatoms. The average molecular weight is 171 g/mol. The van der Waals surface area contributed by atoms with Crippen LogP contribution in [0.2, 0.25) is 0 Å². The monoisotopic (exact) mass is 171 g/mol. The maximum absolute atomic E-state index is 10.4. The van der Waals surface area contributed by atoms with Gasteiger partial charge in [-0.1, -0.05) is 12.8 Å². The largest absolute Gasteiger partial charge is 0.352 e. The predicted octanol–water partition coefficient (Wildman–Crippen LogP) is 0.187. The minimum Gasteiger partial charge on any atom is -0.352 e. The molecule has 4 nitrogen and oxygen atoms in total. The molecular weight excluding hydrogens is 154 g/mol. The first kappa shape index (κ1) is 9.32. The molecule has 0 aromatic rings. The van der Waals surface area contributed by atoms with Gasteiger partial charge in [0.05, 0.1) is 0 Å². The number of carbonyl (C=O) groups excluding carboxylic acids is 1. The third kappa shape index (κ3) is 3.57. The first-order valence-electron chi connectivity index (χ1n) is 4.56. The van der Waals surface area contributed by atoms with E-state index in [1.165, 1.54) is 19.3 Å². The third-order valence-corrected chi connectivity index (χ3v) is 2.19. The molecule has 1 atom stereocenters. The highest BCUT2D eigenvalue weighted by Gasteiger charge is 2.10. The lowest BCUT2D eigenvalue weighted by molar-refractivity contribution is 0.247. The van der Waals surface area contributed by atoms with Crippen LogP contribution in [0.15, 0.2) is 0 Å². The summed E-state index contributed by atoms with van der Waals surface area (Å²) in [5.41, 5.74) is 4.97. The van der Waals surface area contributed by atoms with Crippen LogP contribution in [0.5, 0.6) is 0 Å². The van der Waals surface area contributed by atoms with E-state index in [4.69, 9.17) is 5.73 Å². The van der Waals surface area contributed by atoms with E-state index in [0.29, 0.717) is 12.6 Å². The third-order valence-electron chi connectivity index (χ3n) is 2.19. The van der Waals surface area contributed by atoms with Crippen molar-refractivity contribution in [1.82, 2.24) is 10.6 Å². The SMILES string of the molecule is NC(=O)NCC1CCCCCN1. The van der Waals surface area contributed by atoms with Gasteiger partial charge < -0.3 is 16.4 Å². The second-order valence-electron chi connectivity index (χ2n) is 3.25. The van der Waals surface area contributed by atoms with E-state index in [1.54, 1.807) is 0 Å². The Morgan fingerprint density at radius 1 is 1.50 bits per heavy atom. The maximum Gasteiger partial charge on any atom is 0.312 e. The van der Waals surface area contributed by atoms with Gasteiger partial charge >= 0.3 is 6.03 Å². The molecule has 0 bridgehead atoms. The molecule has 1 saturated heterocycles. The van der Waals surface area contributed by atoms with Crippen LogP contribution < -0.4 is 16.4 Å². The van der Waals surface area contributed by atoms with Gasteiger partial charge in [0.2, 0.25) is 0 Å². The van der Waals surface area contributed by atoms with Gasteiger partial charge in [0.25, 0.3) is 0 Å². The van der Waals surface area contributed by atoms with E-state index >= 15 is 0 Å². The zero-order valence-electron chi connectivity index (χ0n) is 7.31. The van der Waals surface area contributed by atoms with E-state index in [1.807, 2.05) is 0 Å². The summed E-state index contributed by atoms with van der Waals surface area (Å²) >= 11 is 0. The second-order valence-corrected chi connectivity index (χ2v) is 3.25. The van der Waals surface area contributed by atoms with E-state index < -0.39 is 6.03 Å². The van der Waals surface area contributed by atoms with Gasteiger partial charge in [-0.2, -0.15) is 0 Å². The van der Waals surface area contributed by atoms with Crippen molar-refractivity contribution in [3.8, 4) is 0 Å². The van der Waals surface area contributed by atoms with Gasteiger partial charge in [-0.05, 0) is 19.4 Å². The summed E-state index contributed by atoms with van der Waals surface area (Å²) in [4.78, 5) is 10.4. The number of urea groups is 1. The predicted molar refractivity (Wildman–Crippen MR) is 47.8 cm³/mol. The van der Waals surface area contributed by atoms with Crippen LogP contribution in [0.25, 0.3) is 0 Å². The number of carbonyl (C=O) groups is 1. The van der Waals surface area contributed by atoms with Crippen molar-refractivity contribution in [2.45, 2.75) is 31.7 Å².